The largest absolute Gasteiger partial charge is 0.444 e. The van der Waals surface area contributed by atoms with Gasteiger partial charge in [0.1, 0.15) is 5.60 Å². The Morgan fingerprint density at radius 1 is 1.35 bits per heavy atom. The minimum atomic E-state index is -0.444. The number of fused-ring (bicyclic) bond motifs is 1. The zero-order chi connectivity index (χ0) is 17.0. The summed E-state index contributed by atoms with van der Waals surface area (Å²) in [4.78, 5) is 14.4. The molecule has 2 aliphatic carbocycles. The summed E-state index contributed by atoms with van der Waals surface area (Å²) in [6.07, 6.45) is 3.12. The van der Waals surface area contributed by atoms with Crippen molar-refractivity contribution in [2.75, 3.05) is 19.7 Å². The van der Waals surface area contributed by atoms with E-state index < -0.39 is 5.60 Å². The van der Waals surface area contributed by atoms with Gasteiger partial charge in [-0.15, -0.1) is 0 Å². The summed E-state index contributed by atoms with van der Waals surface area (Å²) in [5, 5.41) is 13.2. The highest BCUT2D eigenvalue weighted by Crippen LogP contribution is 2.54. The van der Waals surface area contributed by atoms with Crippen LogP contribution in [0, 0.1) is 16.7 Å². The predicted octanol–water partition coefficient (Wildman–Crippen LogP) is 2.38. The van der Waals surface area contributed by atoms with Crippen molar-refractivity contribution in [3.63, 3.8) is 0 Å². The van der Waals surface area contributed by atoms with Gasteiger partial charge in [-0.3, -0.25) is 0 Å². The number of amides is 1. The van der Waals surface area contributed by atoms with E-state index in [1.807, 2.05) is 25.7 Å². The van der Waals surface area contributed by atoms with Crippen molar-refractivity contribution < 1.29 is 14.6 Å². The molecule has 0 bridgehead atoms. The Kier molecular flexibility index (Phi) is 3.96. The zero-order valence-corrected chi connectivity index (χ0v) is 15.2. The Hall–Kier alpha value is -0.810. The molecule has 0 aromatic heterocycles. The number of aliphatic hydroxyl groups excluding tert-OH is 1. The van der Waals surface area contributed by atoms with Gasteiger partial charge in [0, 0.05) is 42.6 Å². The Balaban J connectivity index is 1.61. The first-order chi connectivity index (χ1) is 10.6. The number of likely N-dealkylation sites (tertiary alicyclic amines) is 1. The third-order valence-corrected chi connectivity index (χ3v) is 6.05. The number of carbonyl (C=O) groups excluding carboxylic acids is 1. The summed E-state index contributed by atoms with van der Waals surface area (Å²) in [5.74, 6) is 0.506. The highest BCUT2D eigenvalue weighted by molar-refractivity contribution is 5.69. The van der Waals surface area contributed by atoms with Crippen molar-refractivity contribution in [2.45, 2.75) is 71.6 Å². The Morgan fingerprint density at radius 3 is 2.52 bits per heavy atom. The predicted molar refractivity (Wildman–Crippen MR) is 89.2 cm³/mol. The van der Waals surface area contributed by atoms with Gasteiger partial charge in [-0.05, 0) is 46.0 Å². The lowest BCUT2D eigenvalue weighted by Gasteiger charge is -2.58. The van der Waals surface area contributed by atoms with Gasteiger partial charge >= 0.3 is 6.09 Å². The van der Waals surface area contributed by atoms with Crippen LogP contribution in [0.4, 0.5) is 4.79 Å². The van der Waals surface area contributed by atoms with E-state index in [4.69, 9.17) is 4.74 Å². The Morgan fingerprint density at radius 2 is 2.00 bits per heavy atom. The highest BCUT2D eigenvalue weighted by atomic mass is 16.6. The van der Waals surface area contributed by atoms with E-state index in [0.717, 1.165) is 32.4 Å². The number of carbonyl (C=O) groups is 1. The zero-order valence-electron chi connectivity index (χ0n) is 15.2. The molecule has 23 heavy (non-hydrogen) atoms. The standard InChI is InChI=1S/C18H32N2O3/c1-16(2,3)23-15(22)20-9-6-12-13(17(4,5)14(12)20)19-10-18(11-21)7-8-18/h12-14,19,21H,6-11H2,1-5H3/t12-,13?,14-/m1/s1. The first-order valence-corrected chi connectivity index (χ1v) is 8.94. The van der Waals surface area contributed by atoms with Crippen LogP contribution in [-0.2, 0) is 4.74 Å². The molecule has 3 atom stereocenters. The molecule has 3 rings (SSSR count). The first-order valence-electron chi connectivity index (χ1n) is 8.94. The minimum Gasteiger partial charge on any atom is -0.444 e. The lowest BCUT2D eigenvalue weighted by molar-refractivity contribution is -0.0615. The Bertz CT molecular complexity index is 479. The van der Waals surface area contributed by atoms with Crippen molar-refractivity contribution >= 4 is 6.09 Å². The maximum atomic E-state index is 12.5. The molecule has 132 valence electrons. The summed E-state index contributed by atoms with van der Waals surface area (Å²) in [5.41, 5.74) is -0.269. The smallest absolute Gasteiger partial charge is 0.410 e. The molecule has 2 saturated carbocycles. The van der Waals surface area contributed by atoms with Gasteiger partial charge in [0.05, 0.1) is 0 Å². The van der Waals surface area contributed by atoms with Crippen molar-refractivity contribution in [2.24, 2.45) is 16.7 Å². The van der Waals surface area contributed by atoms with Gasteiger partial charge < -0.3 is 20.1 Å². The quantitative estimate of drug-likeness (QED) is 0.833. The van der Waals surface area contributed by atoms with E-state index in [2.05, 4.69) is 19.2 Å². The van der Waals surface area contributed by atoms with Gasteiger partial charge in [0.2, 0.25) is 0 Å². The summed E-state index contributed by atoms with van der Waals surface area (Å²) >= 11 is 0. The second kappa shape index (κ2) is 5.35. The molecule has 1 heterocycles. The maximum absolute atomic E-state index is 12.5. The second-order valence-corrected chi connectivity index (χ2v) is 9.41. The van der Waals surface area contributed by atoms with Gasteiger partial charge in [0.25, 0.3) is 0 Å². The number of rotatable bonds is 4. The number of aliphatic hydroxyl groups is 1. The van der Waals surface area contributed by atoms with Crippen LogP contribution in [-0.4, -0.2) is 53.5 Å². The van der Waals surface area contributed by atoms with Crippen LogP contribution in [0.5, 0.6) is 0 Å². The van der Waals surface area contributed by atoms with E-state index in [9.17, 15) is 9.90 Å². The van der Waals surface area contributed by atoms with Crippen LogP contribution in [0.15, 0.2) is 0 Å². The fraction of sp³-hybridized carbons (Fsp3) is 0.944. The van der Waals surface area contributed by atoms with Crippen LogP contribution in [0.3, 0.4) is 0 Å². The number of hydrogen-bond acceptors (Lipinski definition) is 4. The SMILES string of the molecule is CC(C)(C)OC(=O)N1CC[C@@H]2C(NCC3(CO)CC3)C(C)(C)[C@@H]21. The fourth-order valence-corrected chi connectivity index (χ4v) is 4.57. The molecule has 0 aromatic rings. The topological polar surface area (TPSA) is 61.8 Å². The molecule has 1 amide bonds. The summed E-state index contributed by atoms with van der Waals surface area (Å²) in [6, 6.07) is 0.683. The molecule has 3 fully saturated rings. The van der Waals surface area contributed by atoms with Crippen molar-refractivity contribution in [3.05, 3.63) is 0 Å². The van der Waals surface area contributed by atoms with Crippen molar-refractivity contribution in [1.29, 1.82) is 0 Å². The van der Waals surface area contributed by atoms with Crippen LogP contribution in [0.2, 0.25) is 0 Å². The third kappa shape index (κ3) is 2.98. The molecule has 0 radical (unpaired) electrons. The number of nitrogens with zero attached hydrogens (tertiary/aromatic N) is 1. The second-order valence-electron chi connectivity index (χ2n) is 9.41. The number of hydrogen-bond donors (Lipinski definition) is 2. The van der Waals surface area contributed by atoms with E-state index in [1.54, 1.807) is 0 Å². The fourth-order valence-electron chi connectivity index (χ4n) is 4.57. The highest BCUT2D eigenvalue weighted by Gasteiger charge is 2.62. The van der Waals surface area contributed by atoms with Crippen LogP contribution >= 0.6 is 0 Å². The Labute approximate surface area is 139 Å². The third-order valence-electron chi connectivity index (χ3n) is 6.05. The first kappa shape index (κ1) is 17.0. The van der Waals surface area contributed by atoms with Crippen LogP contribution < -0.4 is 5.32 Å². The minimum absolute atomic E-state index is 0.0452. The number of nitrogens with one attached hydrogen (secondary N) is 1. The molecule has 2 N–H and O–H groups in total. The van der Waals surface area contributed by atoms with Crippen LogP contribution in [0.1, 0.15) is 53.9 Å². The van der Waals surface area contributed by atoms with E-state index >= 15 is 0 Å². The monoisotopic (exact) mass is 324 g/mol. The summed E-state index contributed by atoms with van der Waals surface area (Å²) < 4.78 is 5.58. The van der Waals surface area contributed by atoms with Crippen molar-refractivity contribution in [3.8, 4) is 0 Å². The molecule has 0 spiro atoms. The molecule has 5 nitrogen and oxygen atoms in total. The van der Waals surface area contributed by atoms with E-state index in [1.165, 1.54) is 0 Å². The van der Waals surface area contributed by atoms with Gasteiger partial charge in [0.15, 0.2) is 0 Å². The molecule has 1 aliphatic heterocycles. The lowest BCUT2D eigenvalue weighted by atomic mass is 9.56. The van der Waals surface area contributed by atoms with Gasteiger partial charge in [-0.25, -0.2) is 4.79 Å². The molecule has 1 saturated heterocycles. The number of ether oxygens (including phenoxy) is 1. The molecular weight excluding hydrogens is 292 g/mol. The van der Waals surface area contributed by atoms with Crippen LogP contribution in [0.25, 0.3) is 0 Å². The van der Waals surface area contributed by atoms with Crippen molar-refractivity contribution in [1.82, 2.24) is 10.2 Å². The summed E-state index contributed by atoms with van der Waals surface area (Å²) in [6.45, 7) is 12.2. The van der Waals surface area contributed by atoms with E-state index in [-0.39, 0.29) is 29.6 Å². The molecule has 1 unspecified atom stereocenters. The van der Waals surface area contributed by atoms with Gasteiger partial charge in [-0.1, -0.05) is 13.8 Å². The molecule has 0 aromatic carbocycles. The normalized spacial score (nSPS) is 33.8. The average molecular weight is 324 g/mol. The lowest BCUT2D eigenvalue weighted by Crippen LogP contribution is -2.70. The molecule has 3 aliphatic rings. The maximum Gasteiger partial charge on any atom is 0.410 e. The van der Waals surface area contributed by atoms with E-state index in [0.29, 0.717) is 12.0 Å². The molecule has 5 heteroatoms. The van der Waals surface area contributed by atoms with Gasteiger partial charge in [-0.2, -0.15) is 0 Å². The average Bonchev–Trinajstić information content (AvgIpc) is 3.08. The molecular formula is C18H32N2O3. The summed E-state index contributed by atoms with van der Waals surface area (Å²) in [7, 11) is 0.